The van der Waals surface area contributed by atoms with Gasteiger partial charge >= 0.3 is 5.97 Å². The van der Waals surface area contributed by atoms with E-state index in [1.807, 2.05) is 36.4 Å². The van der Waals surface area contributed by atoms with Gasteiger partial charge in [0.25, 0.3) is 0 Å². The Balaban J connectivity index is 1.58. The molecule has 0 amide bonds. The van der Waals surface area contributed by atoms with Crippen molar-refractivity contribution in [3.8, 4) is 5.75 Å². The first-order valence-electron chi connectivity index (χ1n) is 8.95. The third-order valence-electron chi connectivity index (χ3n) is 4.08. The lowest BCUT2D eigenvalue weighted by Gasteiger charge is -2.09. The van der Waals surface area contributed by atoms with E-state index in [1.54, 1.807) is 30.3 Å². The van der Waals surface area contributed by atoms with Gasteiger partial charge in [-0.25, -0.2) is 4.79 Å². The number of hydrogen-bond acceptors (Lipinski definition) is 4. The molecule has 0 unspecified atom stereocenters. The zero-order valence-corrected chi connectivity index (χ0v) is 15.5. The molecule has 3 aromatic rings. The van der Waals surface area contributed by atoms with E-state index in [1.165, 1.54) is 0 Å². The fourth-order valence-corrected chi connectivity index (χ4v) is 2.61. The molecule has 0 heterocycles. The van der Waals surface area contributed by atoms with E-state index in [0.717, 1.165) is 10.8 Å². The minimum Gasteiger partial charge on any atom is -0.493 e. The quantitative estimate of drug-likeness (QED) is 0.442. The van der Waals surface area contributed by atoms with Crippen LogP contribution in [0.4, 0.5) is 0 Å². The Morgan fingerprint density at radius 1 is 0.852 bits per heavy atom. The van der Waals surface area contributed by atoms with Crippen molar-refractivity contribution in [2.45, 2.75) is 13.8 Å². The molecule has 0 bridgehead atoms. The number of ether oxygens (including phenoxy) is 2. The van der Waals surface area contributed by atoms with E-state index in [4.69, 9.17) is 9.47 Å². The molecule has 4 nitrogen and oxygen atoms in total. The zero-order chi connectivity index (χ0) is 19.2. The summed E-state index contributed by atoms with van der Waals surface area (Å²) in [6.45, 7) is 4.46. The van der Waals surface area contributed by atoms with E-state index < -0.39 is 5.97 Å². The van der Waals surface area contributed by atoms with Crippen molar-refractivity contribution in [2.24, 2.45) is 5.92 Å². The molecular weight excluding hydrogens is 340 g/mol. The van der Waals surface area contributed by atoms with Crippen molar-refractivity contribution in [3.05, 3.63) is 77.9 Å². The van der Waals surface area contributed by atoms with E-state index in [9.17, 15) is 9.59 Å². The van der Waals surface area contributed by atoms with Gasteiger partial charge in [-0.05, 0) is 47.0 Å². The van der Waals surface area contributed by atoms with E-state index in [2.05, 4.69) is 13.8 Å². The van der Waals surface area contributed by atoms with Gasteiger partial charge in [0.05, 0.1) is 12.2 Å². The predicted octanol–water partition coefficient (Wildman–Crippen LogP) is 4.91. The largest absolute Gasteiger partial charge is 0.493 e. The Hall–Kier alpha value is -3.14. The summed E-state index contributed by atoms with van der Waals surface area (Å²) in [6, 6.07) is 20.0. The minimum atomic E-state index is -0.528. The molecule has 0 aliphatic carbocycles. The van der Waals surface area contributed by atoms with Crippen LogP contribution >= 0.6 is 0 Å². The van der Waals surface area contributed by atoms with Crippen molar-refractivity contribution in [3.63, 3.8) is 0 Å². The van der Waals surface area contributed by atoms with E-state index in [-0.39, 0.29) is 12.4 Å². The Morgan fingerprint density at radius 2 is 1.52 bits per heavy atom. The molecule has 0 N–H and O–H groups in total. The number of ketones is 1. The molecule has 0 spiro atoms. The summed E-state index contributed by atoms with van der Waals surface area (Å²) >= 11 is 0. The average molecular weight is 362 g/mol. The van der Waals surface area contributed by atoms with E-state index in [0.29, 0.717) is 29.4 Å². The van der Waals surface area contributed by atoms with Crippen LogP contribution in [-0.2, 0) is 4.74 Å². The summed E-state index contributed by atoms with van der Waals surface area (Å²) in [5.74, 6) is 0.369. The summed E-state index contributed by atoms with van der Waals surface area (Å²) in [4.78, 5) is 24.5. The Labute approximate surface area is 158 Å². The number of benzene rings is 3. The monoisotopic (exact) mass is 362 g/mol. The molecule has 0 aliphatic rings. The highest BCUT2D eigenvalue weighted by molar-refractivity contribution is 6.02. The summed E-state index contributed by atoms with van der Waals surface area (Å²) < 4.78 is 10.8. The lowest BCUT2D eigenvalue weighted by atomic mass is 10.0. The molecule has 27 heavy (non-hydrogen) atoms. The second-order valence-electron chi connectivity index (χ2n) is 6.79. The average Bonchev–Trinajstić information content (AvgIpc) is 2.70. The molecule has 0 fully saturated rings. The number of rotatable bonds is 7. The van der Waals surface area contributed by atoms with Crippen molar-refractivity contribution < 1.29 is 19.1 Å². The maximum Gasteiger partial charge on any atom is 0.338 e. The lowest BCUT2D eigenvalue weighted by Crippen LogP contribution is -2.14. The van der Waals surface area contributed by atoms with Gasteiger partial charge in [-0.2, -0.15) is 0 Å². The number of Topliss-reactive ketones (excluding diaryl/α,β-unsaturated/α-hetero) is 1. The molecule has 0 aromatic heterocycles. The van der Waals surface area contributed by atoms with Gasteiger partial charge in [-0.15, -0.1) is 0 Å². The van der Waals surface area contributed by atoms with Crippen LogP contribution in [-0.4, -0.2) is 25.0 Å². The first-order chi connectivity index (χ1) is 13.0. The van der Waals surface area contributed by atoms with Gasteiger partial charge in [0.2, 0.25) is 0 Å². The first-order valence-corrected chi connectivity index (χ1v) is 8.95. The van der Waals surface area contributed by atoms with Crippen molar-refractivity contribution >= 4 is 22.5 Å². The van der Waals surface area contributed by atoms with Gasteiger partial charge in [0.15, 0.2) is 12.4 Å². The third kappa shape index (κ3) is 4.94. The molecular formula is C23H22O4. The van der Waals surface area contributed by atoms with Gasteiger partial charge < -0.3 is 9.47 Å². The van der Waals surface area contributed by atoms with Crippen LogP contribution < -0.4 is 4.74 Å². The lowest BCUT2D eigenvalue weighted by molar-refractivity contribution is 0.0474. The highest BCUT2D eigenvalue weighted by atomic mass is 16.5. The van der Waals surface area contributed by atoms with Crippen LogP contribution in [0.15, 0.2) is 66.7 Å². The first kappa shape index (κ1) is 18.6. The van der Waals surface area contributed by atoms with Crippen LogP contribution in [0.1, 0.15) is 34.6 Å². The topological polar surface area (TPSA) is 52.6 Å². The van der Waals surface area contributed by atoms with Crippen LogP contribution in [0.25, 0.3) is 10.8 Å². The number of carbonyl (C=O) groups is 2. The molecule has 3 rings (SSSR count). The highest BCUT2D eigenvalue weighted by Crippen LogP contribution is 2.17. The standard InChI is InChI=1S/C23H22O4/c1-16(2)14-26-21-11-9-18(10-12-21)23(25)27-15-22(24)20-8-7-17-5-3-4-6-19(17)13-20/h3-13,16H,14-15H2,1-2H3. The molecule has 138 valence electrons. The number of hydrogen-bond donors (Lipinski definition) is 0. The molecule has 0 saturated heterocycles. The fourth-order valence-electron chi connectivity index (χ4n) is 2.61. The van der Waals surface area contributed by atoms with Crippen molar-refractivity contribution in [1.29, 1.82) is 0 Å². The minimum absolute atomic E-state index is 0.231. The van der Waals surface area contributed by atoms with Crippen LogP contribution in [0.5, 0.6) is 5.75 Å². The van der Waals surface area contributed by atoms with Gasteiger partial charge in [-0.3, -0.25) is 4.79 Å². The van der Waals surface area contributed by atoms with Gasteiger partial charge in [-0.1, -0.05) is 50.2 Å². The fraction of sp³-hybridized carbons (Fsp3) is 0.217. The number of fused-ring (bicyclic) bond motifs is 1. The Bertz CT molecular complexity index is 942. The molecule has 4 heteroatoms. The molecule has 0 saturated carbocycles. The SMILES string of the molecule is CC(C)COc1ccc(C(=O)OCC(=O)c2ccc3ccccc3c2)cc1. The smallest absolute Gasteiger partial charge is 0.338 e. The Kier molecular flexibility index (Phi) is 5.87. The molecule has 0 aliphatic heterocycles. The maximum atomic E-state index is 12.3. The van der Waals surface area contributed by atoms with Crippen molar-refractivity contribution in [2.75, 3.05) is 13.2 Å². The normalized spacial score (nSPS) is 10.8. The van der Waals surface area contributed by atoms with Gasteiger partial charge in [0, 0.05) is 5.56 Å². The molecule has 0 radical (unpaired) electrons. The number of esters is 1. The van der Waals surface area contributed by atoms with Crippen molar-refractivity contribution in [1.82, 2.24) is 0 Å². The second-order valence-corrected chi connectivity index (χ2v) is 6.79. The van der Waals surface area contributed by atoms with Crippen LogP contribution in [0.3, 0.4) is 0 Å². The summed E-state index contributed by atoms with van der Waals surface area (Å²) in [5.41, 5.74) is 0.914. The van der Waals surface area contributed by atoms with E-state index >= 15 is 0 Å². The maximum absolute atomic E-state index is 12.3. The summed E-state index contributed by atoms with van der Waals surface area (Å²) in [7, 11) is 0. The Morgan fingerprint density at radius 3 is 2.22 bits per heavy atom. The zero-order valence-electron chi connectivity index (χ0n) is 15.5. The molecule has 0 atom stereocenters. The van der Waals surface area contributed by atoms with Crippen LogP contribution in [0.2, 0.25) is 0 Å². The summed E-state index contributed by atoms with van der Waals surface area (Å²) in [6.07, 6.45) is 0. The second kappa shape index (κ2) is 8.49. The summed E-state index contributed by atoms with van der Waals surface area (Å²) in [5, 5.41) is 2.04. The third-order valence-corrected chi connectivity index (χ3v) is 4.08. The number of carbonyl (C=O) groups excluding carboxylic acids is 2. The van der Waals surface area contributed by atoms with Crippen LogP contribution in [0, 0.1) is 5.92 Å². The predicted molar refractivity (Wildman–Crippen MR) is 105 cm³/mol. The highest BCUT2D eigenvalue weighted by Gasteiger charge is 2.12. The van der Waals surface area contributed by atoms with Gasteiger partial charge in [0.1, 0.15) is 5.75 Å². The molecule has 3 aromatic carbocycles.